The third-order valence-corrected chi connectivity index (χ3v) is 2.33. The Balaban J connectivity index is 2.17. The van der Waals surface area contributed by atoms with Crippen molar-refractivity contribution >= 4 is 11.6 Å². The van der Waals surface area contributed by atoms with Crippen molar-refractivity contribution < 1.29 is 9.18 Å². The van der Waals surface area contributed by atoms with Gasteiger partial charge in [0.2, 0.25) is 0 Å². The number of amides is 1. The molecule has 4 heteroatoms. The summed E-state index contributed by atoms with van der Waals surface area (Å²) in [5, 5.41) is 2.62. The minimum atomic E-state index is -0.628. The van der Waals surface area contributed by atoms with Gasteiger partial charge in [0.05, 0.1) is 11.8 Å². The lowest BCUT2D eigenvalue weighted by Crippen LogP contribution is -2.13. The van der Waals surface area contributed by atoms with E-state index in [0.29, 0.717) is 5.69 Å². The van der Waals surface area contributed by atoms with E-state index in [1.54, 1.807) is 12.1 Å². The molecule has 1 N–H and O–H groups in total. The van der Waals surface area contributed by atoms with E-state index in [1.807, 2.05) is 19.1 Å². The Morgan fingerprint density at radius 1 is 1.24 bits per heavy atom. The minimum Gasteiger partial charge on any atom is -0.322 e. The predicted molar refractivity (Wildman–Crippen MR) is 63.3 cm³/mol. The van der Waals surface area contributed by atoms with Crippen molar-refractivity contribution in [1.29, 1.82) is 0 Å². The van der Waals surface area contributed by atoms with Crippen LogP contribution in [0.1, 0.15) is 15.9 Å². The van der Waals surface area contributed by atoms with Gasteiger partial charge < -0.3 is 5.32 Å². The maximum Gasteiger partial charge on any atom is 0.258 e. The second-order valence-corrected chi connectivity index (χ2v) is 3.68. The molecule has 2 rings (SSSR count). The number of nitrogens with zero attached hydrogens (tertiary/aromatic N) is 1. The summed E-state index contributed by atoms with van der Waals surface area (Å²) in [6, 6.07) is 8.63. The van der Waals surface area contributed by atoms with Crippen LogP contribution in [0.25, 0.3) is 0 Å². The number of aromatic nitrogens is 1. The molecule has 0 atom stereocenters. The van der Waals surface area contributed by atoms with Crippen molar-refractivity contribution in [1.82, 2.24) is 4.98 Å². The third-order valence-electron chi connectivity index (χ3n) is 2.33. The van der Waals surface area contributed by atoms with Crippen LogP contribution in [0.4, 0.5) is 10.1 Å². The average Bonchev–Trinajstić information content (AvgIpc) is 2.32. The Morgan fingerprint density at radius 3 is 2.59 bits per heavy atom. The number of carbonyl (C=O) groups is 1. The van der Waals surface area contributed by atoms with Crippen LogP contribution in [-0.4, -0.2) is 10.9 Å². The number of carbonyl (C=O) groups excluding carboxylic acids is 1. The first kappa shape index (κ1) is 11.3. The monoisotopic (exact) mass is 230 g/mol. The number of pyridine rings is 1. The number of anilines is 1. The molecule has 86 valence electrons. The van der Waals surface area contributed by atoms with Gasteiger partial charge in [0.25, 0.3) is 5.91 Å². The van der Waals surface area contributed by atoms with Gasteiger partial charge in [0.1, 0.15) is 0 Å². The van der Waals surface area contributed by atoms with E-state index in [9.17, 15) is 9.18 Å². The number of rotatable bonds is 2. The number of aryl methyl sites for hydroxylation is 1. The first-order valence-corrected chi connectivity index (χ1v) is 5.14. The van der Waals surface area contributed by atoms with Crippen molar-refractivity contribution in [2.24, 2.45) is 0 Å². The van der Waals surface area contributed by atoms with E-state index in [0.717, 1.165) is 11.8 Å². The summed E-state index contributed by atoms with van der Waals surface area (Å²) in [4.78, 5) is 15.3. The van der Waals surface area contributed by atoms with Crippen LogP contribution in [0, 0.1) is 12.7 Å². The highest BCUT2D eigenvalue weighted by atomic mass is 19.1. The molecule has 0 unspecified atom stereocenters. The fourth-order valence-corrected chi connectivity index (χ4v) is 1.39. The Kier molecular flexibility index (Phi) is 3.14. The number of benzene rings is 1. The number of hydrogen-bond acceptors (Lipinski definition) is 2. The van der Waals surface area contributed by atoms with Crippen LogP contribution >= 0.6 is 0 Å². The largest absolute Gasteiger partial charge is 0.322 e. The molecular formula is C13H11FN2O. The zero-order chi connectivity index (χ0) is 12.3. The number of hydrogen-bond donors (Lipinski definition) is 1. The SMILES string of the molecule is Cc1ccc(NC(=O)c2ccncc2F)cc1. The molecule has 1 aromatic heterocycles. The van der Waals surface area contributed by atoms with Crippen LogP contribution in [0.5, 0.6) is 0 Å². The second kappa shape index (κ2) is 4.74. The zero-order valence-electron chi connectivity index (χ0n) is 9.27. The Hall–Kier alpha value is -2.23. The minimum absolute atomic E-state index is 0.0134. The summed E-state index contributed by atoms with van der Waals surface area (Å²) < 4.78 is 13.3. The summed E-state index contributed by atoms with van der Waals surface area (Å²) in [6.07, 6.45) is 2.40. The molecule has 3 nitrogen and oxygen atoms in total. The van der Waals surface area contributed by atoms with Crippen LogP contribution in [-0.2, 0) is 0 Å². The number of halogens is 1. The van der Waals surface area contributed by atoms with Crippen molar-refractivity contribution in [2.45, 2.75) is 6.92 Å². The second-order valence-electron chi connectivity index (χ2n) is 3.68. The lowest BCUT2D eigenvalue weighted by atomic mass is 10.2. The van der Waals surface area contributed by atoms with Gasteiger partial charge in [0, 0.05) is 11.9 Å². The van der Waals surface area contributed by atoms with Crippen molar-refractivity contribution in [3.63, 3.8) is 0 Å². The third kappa shape index (κ3) is 2.66. The molecule has 17 heavy (non-hydrogen) atoms. The Morgan fingerprint density at radius 2 is 1.94 bits per heavy atom. The Labute approximate surface area is 98.3 Å². The molecule has 2 aromatic rings. The van der Waals surface area contributed by atoms with E-state index in [1.165, 1.54) is 12.3 Å². The van der Waals surface area contributed by atoms with Gasteiger partial charge in [0.15, 0.2) is 5.82 Å². The predicted octanol–water partition coefficient (Wildman–Crippen LogP) is 2.78. The van der Waals surface area contributed by atoms with Gasteiger partial charge in [-0.3, -0.25) is 9.78 Å². The summed E-state index contributed by atoms with van der Waals surface area (Å²) in [6.45, 7) is 1.95. The maximum absolute atomic E-state index is 13.3. The molecule has 0 saturated heterocycles. The lowest BCUT2D eigenvalue weighted by Gasteiger charge is -2.05. The summed E-state index contributed by atoms with van der Waals surface area (Å²) in [7, 11) is 0. The quantitative estimate of drug-likeness (QED) is 0.861. The van der Waals surface area contributed by atoms with E-state index in [2.05, 4.69) is 10.3 Å². The van der Waals surface area contributed by atoms with Crippen LogP contribution in [0.3, 0.4) is 0 Å². The average molecular weight is 230 g/mol. The molecule has 1 aromatic carbocycles. The van der Waals surface area contributed by atoms with Crippen LogP contribution < -0.4 is 5.32 Å². The highest BCUT2D eigenvalue weighted by molar-refractivity contribution is 6.04. The van der Waals surface area contributed by atoms with E-state index >= 15 is 0 Å². The van der Waals surface area contributed by atoms with E-state index < -0.39 is 11.7 Å². The van der Waals surface area contributed by atoms with Gasteiger partial charge in [-0.05, 0) is 25.1 Å². The van der Waals surface area contributed by atoms with Gasteiger partial charge in [-0.25, -0.2) is 4.39 Å². The molecule has 0 bridgehead atoms. The molecule has 0 spiro atoms. The van der Waals surface area contributed by atoms with Crippen LogP contribution in [0.15, 0.2) is 42.7 Å². The number of nitrogens with one attached hydrogen (secondary N) is 1. The van der Waals surface area contributed by atoms with Gasteiger partial charge >= 0.3 is 0 Å². The molecule has 0 radical (unpaired) electrons. The first-order chi connectivity index (χ1) is 8.16. The van der Waals surface area contributed by atoms with Crippen molar-refractivity contribution in [3.8, 4) is 0 Å². The molecule has 0 saturated carbocycles. The van der Waals surface area contributed by atoms with Crippen molar-refractivity contribution in [2.75, 3.05) is 5.32 Å². The topological polar surface area (TPSA) is 42.0 Å². The standard InChI is InChI=1S/C13H11FN2O/c1-9-2-4-10(5-3-9)16-13(17)11-6-7-15-8-12(11)14/h2-8H,1H3,(H,16,17). The van der Waals surface area contributed by atoms with E-state index in [-0.39, 0.29) is 5.56 Å². The van der Waals surface area contributed by atoms with E-state index in [4.69, 9.17) is 0 Å². The Bertz CT molecular complexity index is 537. The van der Waals surface area contributed by atoms with Crippen LogP contribution in [0.2, 0.25) is 0 Å². The van der Waals surface area contributed by atoms with Gasteiger partial charge in [-0.15, -0.1) is 0 Å². The fraction of sp³-hybridized carbons (Fsp3) is 0.0769. The fourth-order valence-electron chi connectivity index (χ4n) is 1.39. The smallest absolute Gasteiger partial charge is 0.258 e. The normalized spacial score (nSPS) is 10.0. The molecular weight excluding hydrogens is 219 g/mol. The highest BCUT2D eigenvalue weighted by Crippen LogP contribution is 2.12. The summed E-state index contributed by atoms with van der Waals surface area (Å²) in [5.74, 6) is -1.11. The first-order valence-electron chi connectivity index (χ1n) is 5.14. The highest BCUT2D eigenvalue weighted by Gasteiger charge is 2.10. The van der Waals surface area contributed by atoms with Crippen molar-refractivity contribution in [3.05, 3.63) is 59.7 Å². The molecule has 0 aliphatic heterocycles. The molecule has 1 amide bonds. The lowest BCUT2D eigenvalue weighted by molar-refractivity contribution is 0.102. The summed E-state index contributed by atoms with van der Waals surface area (Å²) >= 11 is 0. The van der Waals surface area contributed by atoms with Gasteiger partial charge in [-0.2, -0.15) is 0 Å². The molecule has 0 fully saturated rings. The molecule has 0 aliphatic rings. The maximum atomic E-state index is 13.3. The molecule has 1 heterocycles. The molecule has 0 aliphatic carbocycles. The zero-order valence-corrected chi connectivity index (χ0v) is 9.27. The van der Waals surface area contributed by atoms with Gasteiger partial charge in [-0.1, -0.05) is 17.7 Å². The summed E-state index contributed by atoms with van der Waals surface area (Å²) in [5.41, 5.74) is 1.72.